The van der Waals surface area contributed by atoms with E-state index in [4.69, 9.17) is 0 Å². The Morgan fingerprint density at radius 2 is 1.52 bits per heavy atom. The van der Waals surface area contributed by atoms with Crippen LogP contribution in [0.3, 0.4) is 0 Å². The maximum atomic E-state index is 11.9. The van der Waals surface area contributed by atoms with E-state index in [1.807, 2.05) is 27.7 Å². The molecule has 4 nitrogen and oxygen atoms in total. The van der Waals surface area contributed by atoms with Crippen molar-refractivity contribution in [2.24, 2.45) is 0 Å². The number of carboxylic acid groups (broad SMARTS) is 2. The second-order valence-corrected chi connectivity index (χ2v) is 7.36. The molecule has 4 heteroatoms. The van der Waals surface area contributed by atoms with Crippen LogP contribution in [-0.4, -0.2) is 22.2 Å². The van der Waals surface area contributed by atoms with Crippen LogP contribution < -0.4 is 0 Å². The van der Waals surface area contributed by atoms with Crippen LogP contribution in [-0.2, 0) is 6.42 Å². The highest BCUT2D eigenvalue weighted by Gasteiger charge is 2.27. The Balaban J connectivity index is 3.48. The lowest BCUT2D eigenvalue weighted by Crippen LogP contribution is -2.17. The summed E-state index contributed by atoms with van der Waals surface area (Å²) in [4.78, 5) is 23.6. The van der Waals surface area contributed by atoms with Crippen molar-refractivity contribution in [1.82, 2.24) is 0 Å². The Labute approximate surface area is 151 Å². The third kappa shape index (κ3) is 5.32. The molecule has 0 unspecified atom stereocenters. The summed E-state index contributed by atoms with van der Waals surface area (Å²) in [6.07, 6.45) is 6.02. The van der Waals surface area contributed by atoms with Gasteiger partial charge in [0.15, 0.2) is 0 Å². The van der Waals surface area contributed by atoms with Gasteiger partial charge in [0.25, 0.3) is 0 Å². The Hall–Kier alpha value is -1.84. The summed E-state index contributed by atoms with van der Waals surface area (Å²) in [6, 6.07) is 1.58. The van der Waals surface area contributed by atoms with E-state index in [0.29, 0.717) is 6.42 Å². The molecule has 0 spiro atoms. The fourth-order valence-electron chi connectivity index (χ4n) is 3.51. The summed E-state index contributed by atoms with van der Waals surface area (Å²) in [5.41, 5.74) is 2.61. The Morgan fingerprint density at radius 1 is 0.920 bits per heavy atom. The molecule has 0 amide bonds. The van der Waals surface area contributed by atoms with Gasteiger partial charge in [0, 0.05) is 0 Å². The van der Waals surface area contributed by atoms with Crippen LogP contribution in [0, 0.1) is 0 Å². The molecule has 0 radical (unpaired) electrons. The molecule has 0 fully saturated rings. The first-order valence-corrected chi connectivity index (χ1v) is 9.38. The Bertz CT molecular complexity index is 615. The summed E-state index contributed by atoms with van der Waals surface area (Å²) >= 11 is 0. The highest BCUT2D eigenvalue weighted by atomic mass is 16.4. The number of carbonyl (C=O) groups is 2. The number of aromatic carboxylic acids is 2. The van der Waals surface area contributed by atoms with Crippen LogP contribution in [0.1, 0.15) is 116 Å². The number of rotatable bonds is 10. The van der Waals surface area contributed by atoms with Crippen molar-refractivity contribution < 1.29 is 19.8 Å². The van der Waals surface area contributed by atoms with Gasteiger partial charge in [-0.25, -0.2) is 9.59 Å². The average Bonchev–Trinajstić information content (AvgIpc) is 2.52. The summed E-state index contributed by atoms with van der Waals surface area (Å²) < 4.78 is 0. The number of hydrogen-bond donors (Lipinski definition) is 2. The monoisotopic (exact) mass is 348 g/mol. The maximum absolute atomic E-state index is 11.9. The predicted octanol–water partition coefficient (Wildman–Crippen LogP) is 5.84. The van der Waals surface area contributed by atoms with Gasteiger partial charge >= 0.3 is 11.9 Å². The van der Waals surface area contributed by atoms with Crippen LogP contribution in [0.4, 0.5) is 0 Å². The minimum Gasteiger partial charge on any atom is -0.478 e. The molecule has 2 N–H and O–H groups in total. The quantitative estimate of drug-likeness (QED) is 0.521. The molecule has 0 saturated heterocycles. The zero-order valence-corrected chi connectivity index (χ0v) is 16.2. The van der Waals surface area contributed by atoms with Crippen molar-refractivity contribution in [1.29, 1.82) is 0 Å². The molecular formula is C21H32O4. The Kier molecular flexibility index (Phi) is 8.14. The lowest BCUT2D eigenvalue weighted by Gasteiger charge is -2.24. The lowest BCUT2D eigenvalue weighted by atomic mass is 9.80. The van der Waals surface area contributed by atoms with E-state index in [1.165, 1.54) is 6.42 Å². The van der Waals surface area contributed by atoms with E-state index in [2.05, 4.69) is 6.92 Å². The van der Waals surface area contributed by atoms with Crippen LogP contribution in [0.5, 0.6) is 0 Å². The first-order chi connectivity index (χ1) is 11.7. The normalized spacial score (nSPS) is 11.3. The molecule has 140 valence electrons. The topological polar surface area (TPSA) is 74.6 Å². The van der Waals surface area contributed by atoms with Gasteiger partial charge in [0.1, 0.15) is 0 Å². The summed E-state index contributed by atoms with van der Waals surface area (Å²) in [5.74, 6) is -2.00. The molecule has 0 aliphatic heterocycles. The molecule has 0 aliphatic carbocycles. The van der Waals surface area contributed by atoms with E-state index in [9.17, 15) is 19.8 Å². The summed E-state index contributed by atoms with van der Waals surface area (Å²) in [6.45, 7) is 10.3. The van der Waals surface area contributed by atoms with Crippen LogP contribution in [0.25, 0.3) is 0 Å². The minimum atomic E-state index is -1.16. The zero-order valence-electron chi connectivity index (χ0n) is 16.2. The van der Waals surface area contributed by atoms with Crippen molar-refractivity contribution in [2.75, 3.05) is 0 Å². The molecule has 0 bridgehead atoms. The largest absolute Gasteiger partial charge is 0.478 e. The fraction of sp³-hybridized carbons (Fsp3) is 0.619. The number of unbranched alkanes of at least 4 members (excludes halogenated alkanes) is 4. The van der Waals surface area contributed by atoms with Gasteiger partial charge in [-0.05, 0) is 47.4 Å². The van der Waals surface area contributed by atoms with E-state index < -0.39 is 11.9 Å². The summed E-state index contributed by atoms with van der Waals surface area (Å²) in [7, 11) is 0. The Morgan fingerprint density at radius 3 is 1.96 bits per heavy atom. The van der Waals surface area contributed by atoms with Gasteiger partial charge in [-0.1, -0.05) is 60.3 Å². The first kappa shape index (κ1) is 21.2. The van der Waals surface area contributed by atoms with Gasteiger partial charge in [-0.2, -0.15) is 0 Å². The average molecular weight is 348 g/mol. The summed E-state index contributed by atoms with van der Waals surface area (Å²) in [5, 5.41) is 19.3. The van der Waals surface area contributed by atoms with Crippen LogP contribution in [0.2, 0.25) is 0 Å². The highest BCUT2D eigenvalue weighted by Crippen LogP contribution is 2.35. The molecule has 0 aromatic heterocycles. The molecule has 25 heavy (non-hydrogen) atoms. The maximum Gasteiger partial charge on any atom is 0.336 e. The second-order valence-electron chi connectivity index (χ2n) is 7.36. The van der Waals surface area contributed by atoms with E-state index in [0.717, 1.165) is 42.4 Å². The molecule has 1 aromatic rings. The van der Waals surface area contributed by atoms with Crippen LogP contribution >= 0.6 is 0 Å². The van der Waals surface area contributed by atoms with Gasteiger partial charge in [0.05, 0.1) is 11.1 Å². The van der Waals surface area contributed by atoms with Crippen LogP contribution in [0.15, 0.2) is 6.07 Å². The van der Waals surface area contributed by atoms with Gasteiger partial charge in [-0.3, -0.25) is 0 Å². The zero-order chi connectivity index (χ0) is 19.1. The van der Waals surface area contributed by atoms with E-state index in [-0.39, 0.29) is 23.0 Å². The molecule has 1 rings (SSSR count). The van der Waals surface area contributed by atoms with Crippen molar-refractivity contribution in [3.63, 3.8) is 0 Å². The van der Waals surface area contributed by atoms with Crippen molar-refractivity contribution in [3.8, 4) is 0 Å². The third-order valence-electron chi connectivity index (χ3n) is 4.68. The van der Waals surface area contributed by atoms with Gasteiger partial charge < -0.3 is 10.2 Å². The van der Waals surface area contributed by atoms with E-state index in [1.54, 1.807) is 6.07 Å². The predicted molar refractivity (Wildman–Crippen MR) is 101 cm³/mol. The van der Waals surface area contributed by atoms with E-state index >= 15 is 0 Å². The van der Waals surface area contributed by atoms with Gasteiger partial charge in [-0.15, -0.1) is 0 Å². The van der Waals surface area contributed by atoms with Crippen molar-refractivity contribution >= 4 is 11.9 Å². The minimum absolute atomic E-state index is 0.0175. The molecule has 0 aliphatic rings. The SMILES string of the molecule is CCCCCCCc1c(C(=O)O)c(C(=O)O)cc(C(C)C)c1C(C)C. The number of carboxylic acids is 2. The first-order valence-electron chi connectivity index (χ1n) is 9.38. The molecule has 0 atom stereocenters. The van der Waals surface area contributed by atoms with Gasteiger partial charge in [0.2, 0.25) is 0 Å². The number of hydrogen-bond acceptors (Lipinski definition) is 2. The third-order valence-corrected chi connectivity index (χ3v) is 4.68. The molecule has 0 heterocycles. The molecule has 1 aromatic carbocycles. The highest BCUT2D eigenvalue weighted by molar-refractivity contribution is 6.03. The fourth-order valence-corrected chi connectivity index (χ4v) is 3.51. The smallest absolute Gasteiger partial charge is 0.336 e. The standard InChI is InChI=1S/C21H32O4/c1-6-7-8-9-10-11-15-18(14(4)5)16(13(2)3)12-17(20(22)23)19(15)21(24)25/h12-14H,6-11H2,1-5H3,(H,22,23)(H,24,25). The molecule has 0 saturated carbocycles. The van der Waals surface area contributed by atoms with Crippen molar-refractivity contribution in [3.05, 3.63) is 33.9 Å². The second kappa shape index (κ2) is 9.59. The van der Waals surface area contributed by atoms with Crippen molar-refractivity contribution in [2.45, 2.75) is 85.0 Å². The number of benzene rings is 1. The molecular weight excluding hydrogens is 316 g/mol. The lowest BCUT2D eigenvalue weighted by molar-refractivity contribution is 0.0650.